The van der Waals surface area contributed by atoms with Gasteiger partial charge < -0.3 is 10.7 Å². The van der Waals surface area contributed by atoms with E-state index in [9.17, 15) is 4.79 Å². The van der Waals surface area contributed by atoms with Crippen LogP contribution in [0.15, 0.2) is 18.3 Å². The fourth-order valence-corrected chi connectivity index (χ4v) is 2.49. The van der Waals surface area contributed by atoms with Crippen LogP contribution in [0.1, 0.15) is 43.0 Å². The zero-order valence-electron chi connectivity index (χ0n) is 11.4. The van der Waals surface area contributed by atoms with Crippen molar-refractivity contribution in [1.82, 2.24) is 10.3 Å². The second-order valence-corrected chi connectivity index (χ2v) is 5.41. The lowest BCUT2D eigenvalue weighted by Gasteiger charge is -2.26. The molecule has 5 heteroatoms. The average Bonchev–Trinajstić information content (AvgIpc) is 2.46. The molecule has 0 saturated heterocycles. The lowest BCUT2D eigenvalue weighted by Crippen LogP contribution is -2.31. The highest BCUT2D eigenvalue weighted by Crippen LogP contribution is 2.27. The number of amides is 1. The number of hydrogen-bond acceptors (Lipinski definition) is 4. The van der Waals surface area contributed by atoms with Crippen molar-refractivity contribution in [2.24, 2.45) is 17.7 Å². The van der Waals surface area contributed by atoms with E-state index < -0.39 is 0 Å². The molecule has 2 rings (SSSR count). The number of nitrogens with zero attached hydrogens (tertiary/aromatic N) is 1. The molecule has 0 bridgehead atoms. The van der Waals surface area contributed by atoms with Gasteiger partial charge in [-0.15, -0.1) is 0 Å². The number of carbonyl (C=O) groups excluding carboxylic acids is 1. The molecule has 0 spiro atoms. The summed E-state index contributed by atoms with van der Waals surface area (Å²) in [6.45, 7) is 3.07. The van der Waals surface area contributed by atoms with Gasteiger partial charge in [-0.2, -0.15) is 0 Å². The van der Waals surface area contributed by atoms with E-state index in [0.717, 1.165) is 12.5 Å². The van der Waals surface area contributed by atoms with Gasteiger partial charge in [-0.1, -0.05) is 19.8 Å². The summed E-state index contributed by atoms with van der Waals surface area (Å²) in [5, 5.41) is 2.99. The van der Waals surface area contributed by atoms with Crippen LogP contribution in [-0.2, 0) is 0 Å². The normalized spacial score (nSPS) is 22.8. The third kappa shape index (κ3) is 3.92. The average molecular weight is 262 g/mol. The Hall–Kier alpha value is -1.62. The maximum Gasteiger partial charge on any atom is 0.252 e. The zero-order chi connectivity index (χ0) is 13.7. The van der Waals surface area contributed by atoms with Gasteiger partial charge in [0, 0.05) is 12.7 Å². The highest BCUT2D eigenvalue weighted by atomic mass is 16.1. The van der Waals surface area contributed by atoms with Crippen LogP contribution in [0.3, 0.4) is 0 Å². The van der Waals surface area contributed by atoms with Gasteiger partial charge in [0.1, 0.15) is 5.82 Å². The fourth-order valence-electron chi connectivity index (χ4n) is 2.49. The summed E-state index contributed by atoms with van der Waals surface area (Å²) in [5.41, 5.74) is 3.01. The molecule has 1 aliphatic carbocycles. The summed E-state index contributed by atoms with van der Waals surface area (Å²) in [6.07, 6.45) is 6.52. The number of nitrogen functional groups attached to an aromatic ring is 1. The van der Waals surface area contributed by atoms with Crippen LogP contribution in [0.4, 0.5) is 5.82 Å². The maximum absolute atomic E-state index is 11.9. The monoisotopic (exact) mass is 262 g/mol. The molecular formula is C14H22N4O. The third-order valence-corrected chi connectivity index (χ3v) is 3.86. The van der Waals surface area contributed by atoms with Gasteiger partial charge in [0.25, 0.3) is 5.91 Å². The first-order valence-electron chi connectivity index (χ1n) is 6.90. The van der Waals surface area contributed by atoms with Crippen LogP contribution in [0.2, 0.25) is 0 Å². The topological polar surface area (TPSA) is 80.0 Å². The Morgan fingerprint density at radius 3 is 2.68 bits per heavy atom. The van der Waals surface area contributed by atoms with Crippen LogP contribution in [0.25, 0.3) is 0 Å². The molecule has 1 aromatic heterocycles. The Morgan fingerprint density at radius 1 is 1.37 bits per heavy atom. The Bertz CT molecular complexity index is 410. The molecule has 4 N–H and O–H groups in total. The predicted molar refractivity (Wildman–Crippen MR) is 75.5 cm³/mol. The molecule has 1 amide bonds. The number of nitrogens with one attached hydrogen (secondary N) is 2. The van der Waals surface area contributed by atoms with Crippen molar-refractivity contribution in [3.63, 3.8) is 0 Å². The second kappa shape index (κ2) is 6.52. The smallest absolute Gasteiger partial charge is 0.252 e. The number of nitrogens with two attached hydrogens (primary N) is 1. The van der Waals surface area contributed by atoms with E-state index in [4.69, 9.17) is 5.84 Å². The summed E-state index contributed by atoms with van der Waals surface area (Å²) in [4.78, 5) is 16.0. The molecule has 0 aliphatic heterocycles. The molecule has 5 nitrogen and oxygen atoms in total. The lowest BCUT2D eigenvalue weighted by molar-refractivity contribution is 0.0941. The first-order chi connectivity index (χ1) is 9.19. The van der Waals surface area contributed by atoms with Crippen molar-refractivity contribution in [2.45, 2.75) is 32.6 Å². The van der Waals surface area contributed by atoms with Crippen LogP contribution in [-0.4, -0.2) is 17.4 Å². The van der Waals surface area contributed by atoms with Crippen molar-refractivity contribution >= 4 is 11.7 Å². The van der Waals surface area contributed by atoms with Crippen molar-refractivity contribution in [2.75, 3.05) is 12.0 Å². The Morgan fingerprint density at radius 2 is 2.11 bits per heavy atom. The summed E-state index contributed by atoms with van der Waals surface area (Å²) < 4.78 is 0. The first kappa shape index (κ1) is 13.8. The molecule has 0 unspecified atom stereocenters. The van der Waals surface area contributed by atoms with Crippen LogP contribution < -0.4 is 16.6 Å². The molecule has 0 atom stereocenters. The van der Waals surface area contributed by atoms with Crippen LogP contribution >= 0.6 is 0 Å². The third-order valence-electron chi connectivity index (χ3n) is 3.86. The summed E-state index contributed by atoms with van der Waals surface area (Å²) >= 11 is 0. The van der Waals surface area contributed by atoms with E-state index in [2.05, 4.69) is 22.7 Å². The van der Waals surface area contributed by atoms with Crippen molar-refractivity contribution in [3.8, 4) is 0 Å². The summed E-state index contributed by atoms with van der Waals surface area (Å²) in [6, 6.07) is 3.41. The van der Waals surface area contributed by atoms with E-state index in [-0.39, 0.29) is 5.91 Å². The van der Waals surface area contributed by atoms with Gasteiger partial charge in [-0.3, -0.25) is 4.79 Å². The standard InChI is InChI=1S/C14H22N4O/c1-10-2-4-11(5-3-10)8-17-14(19)12-6-7-13(18-15)16-9-12/h6-7,9-11H,2-5,8,15H2,1H3,(H,16,18)(H,17,19). The molecule has 1 aromatic rings. The Labute approximate surface area is 114 Å². The van der Waals surface area contributed by atoms with E-state index >= 15 is 0 Å². The van der Waals surface area contributed by atoms with E-state index in [1.54, 1.807) is 12.1 Å². The largest absolute Gasteiger partial charge is 0.352 e. The van der Waals surface area contributed by atoms with E-state index in [1.165, 1.54) is 31.9 Å². The Balaban J connectivity index is 1.80. The minimum atomic E-state index is -0.0605. The fraction of sp³-hybridized carbons (Fsp3) is 0.571. The molecule has 0 aromatic carbocycles. The number of anilines is 1. The van der Waals surface area contributed by atoms with Gasteiger partial charge in [0.15, 0.2) is 0 Å². The lowest BCUT2D eigenvalue weighted by atomic mass is 9.83. The minimum Gasteiger partial charge on any atom is -0.352 e. The number of hydrogen-bond donors (Lipinski definition) is 3. The number of pyridine rings is 1. The predicted octanol–water partition coefficient (Wildman–Crippen LogP) is 1.92. The summed E-state index contributed by atoms with van der Waals surface area (Å²) in [5.74, 6) is 7.19. The van der Waals surface area contributed by atoms with Crippen LogP contribution in [0.5, 0.6) is 0 Å². The van der Waals surface area contributed by atoms with Crippen molar-refractivity contribution < 1.29 is 4.79 Å². The Kier molecular flexibility index (Phi) is 4.74. The van der Waals surface area contributed by atoms with Crippen LogP contribution in [0, 0.1) is 11.8 Å². The molecule has 19 heavy (non-hydrogen) atoms. The second-order valence-electron chi connectivity index (χ2n) is 5.41. The highest BCUT2D eigenvalue weighted by molar-refractivity contribution is 5.94. The van der Waals surface area contributed by atoms with Gasteiger partial charge in [0.05, 0.1) is 5.56 Å². The molecule has 1 aliphatic rings. The molecule has 104 valence electrons. The molecule has 0 radical (unpaired) electrons. The van der Waals surface area contributed by atoms with Gasteiger partial charge >= 0.3 is 0 Å². The first-order valence-corrected chi connectivity index (χ1v) is 6.90. The molecule has 1 heterocycles. The zero-order valence-corrected chi connectivity index (χ0v) is 11.4. The molecule has 1 fully saturated rings. The number of rotatable bonds is 4. The number of aromatic nitrogens is 1. The number of carbonyl (C=O) groups is 1. The van der Waals surface area contributed by atoms with Crippen molar-refractivity contribution in [3.05, 3.63) is 23.9 Å². The van der Waals surface area contributed by atoms with E-state index in [0.29, 0.717) is 17.3 Å². The molecule has 1 saturated carbocycles. The molecular weight excluding hydrogens is 240 g/mol. The van der Waals surface area contributed by atoms with E-state index in [1.807, 2.05) is 0 Å². The SMILES string of the molecule is CC1CCC(CNC(=O)c2ccc(NN)nc2)CC1. The highest BCUT2D eigenvalue weighted by Gasteiger charge is 2.18. The maximum atomic E-state index is 11.9. The quantitative estimate of drug-likeness (QED) is 0.572. The summed E-state index contributed by atoms with van der Waals surface area (Å²) in [7, 11) is 0. The number of hydrazine groups is 1. The minimum absolute atomic E-state index is 0.0605. The van der Waals surface area contributed by atoms with Gasteiger partial charge in [-0.05, 0) is 36.8 Å². The van der Waals surface area contributed by atoms with Crippen molar-refractivity contribution in [1.29, 1.82) is 0 Å². The van der Waals surface area contributed by atoms with Gasteiger partial charge in [0.2, 0.25) is 0 Å². The van der Waals surface area contributed by atoms with Gasteiger partial charge in [-0.25, -0.2) is 10.8 Å².